The normalized spacial score (nSPS) is 42.7. The van der Waals surface area contributed by atoms with Gasteiger partial charge >= 0.3 is 0 Å². The Morgan fingerprint density at radius 1 is 1.00 bits per heavy atom. The first-order valence-electron chi connectivity index (χ1n) is 8.00. The molecule has 0 heterocycles. The molecule has 0 amide bonds. The summed E-state index contributed by atoms with van der Waals surface area (Å²) in [5.74, 6) is 4.23. The minimum absolute atomic E-state index is 0.475. The maximum absolute atomic E-state index is 6.23. The highest BCUT2D eigenvalue weighted by Crippen LogP contribution is 2.44. The second kappa shape index (κ2) is 5.92. The zero-order valence-electron chi connectivity index (χ0n) is 12.4. The van der Waals surface area contributed by atoms with Crippen molar-refractivity contribution in [1.29, 1.82) is 0 Å². The summed E-state index contributed by atoms with van der Waals surface area (Å²) in [6.45, 7) is 7.16. The van der Waals surface area contributed by atoms with E-state index >= 15 is 0 Å². The van der Waals surface area contributed by atoms with Gasteiger partial charge in [0.2, 0.25) is 0 Å². The number of nitrogens with two attached hydrogens (primary N) is 2. The number of hydrogen-bond donors (Lipinski definition) is 2. The van der Waals surface area contributed by atoms with Crippen LogP contribution < -0.4 is 11.5 Å². The smallest absolute Gasteiger partial charge is 0.00728 e. The lowest BCUT2D eigenvalue weighted by molar-refractivity contribution is 0.0541. The molecule has 2 saturated carbocycles. The predicted molar refractivity (Wildman–Crippen MR) is 78.1 cm³/mol. The molecule has 18 heavy (non-hydrogen) atoms. The van der Waals surface area contributed by atoms with Gasteiger partial charge in [0.05, 0.1) is 0 Å². The molecular formula is C16H32N2. The van der Waals surface area contributed by atoms with Gasteiger partial charge in [-0.05, 0) is 68.1 Å². The summed E-state index contributed by atoms with van der Waals surface area (Å²) in [6.07, 6.45) is 7.76. The van der Waals surface area contributed by atoms with Crippen LogP contribution in [-0.2, 0) is 0 Å². The van der Waals surface area contributed by atoms with Crippen LogP contribution in [0.3, 0.4) is 0 Å². The topological polar surface area (TPSA) is 52.0 Å². The van der Waals surface area contributed by atoms with Gasteiger partial charge in [0.15, 0.2) is 0 Å². The standard InChI is InChI=1S/C16H32N2/c1-10(2)14-9-16(18)15(14)8-11(3)12-4-6-13(17)7-5-12/h10-16H,4-9,17-18H2,1-3H3. The van der Waals surface area contributed by atoms with E-state index in [2.05, 4.69) is 20.8 Å². The summed E-state index contributed by atoms with van der Waals surface area (Å²) in [5.41, 5.74) is 12.2. The number of hydrogen-bond acceptors (Lipinski definition) is 2. The molecule has 0 aromatic rings. The lowest BCUT2D eigenvalue weighted by Crippen LogP contribution is -2.50. The van der Waals surface area contributed by atoms with E-state index in [1.54, 1.807) is 0 Å². The summed E-state index contributed by atoms with van der Waals surface area (Å²) >= 11 is 0. The SMILES string of the molecule is CC(C)C1CC(N)C1CC(C)C1CCC(N)CC1. The average molecular weight is 252 g/mol. The Hall–Kier alpha value is -0.0800. The molecule has 0 saturated heterocycles. The Bertz CT molecular complexity index is 256. The Labute approximate surface area is 113 Å². The van der Waals surface area contributed by atoms with E-state index in [0.717, 1.165) is 29.6 Å². The molecule has 2 heteroatoms. The molecule has 106 valence electrons. The third kappa shape index (κ3) is 3.08. The van der Waals surface area contributed by atoms with Crippen molar-refractivity contribution >= 4 is 0 Å². The van der Waals surface area contributed by atoms with Crippen molar-refractivity contribution in [3.8, 4) is 0 Å². The fourth-order valence-corrected chi connectivity index (χ4v) is 4.24. The van der Waals surface area contributed by atoms with Gasteiger partial charge in [0, 0.05) is 12.1 Å². The molecule has 4 unspecified atom stereocenters. The molecular weight excluding hydrogens is 220 g/mol. The highest BCUT2D eigenvalue weighted by molar-refractivity contribution is 4.94. The Kier molecular flexibility index (Phi) is 4.71. The van der Waals surface area contributed by atoms with Gasteiger partial charge in [-0.1, -0.05) is 20.8 Å². The second-order valence-corrected chi connectivity index (χ2v) is 7.36. The fourth-order valence-electron chi connectivity index (χ4n) is 4.24. The van der Waals surface area contributed by atoms with Gasteiger partial charge in [-0.15, -0.1) is 0 Å². The van der Waals surface area contributed by atoms with E-state index in [-0.39, 0.29) is 0 Å². The highest BCUT2D eigenvalue weighted by Gasteiger charge is 2.41. The molecule has 0 spiro atoms. The van der Waals surface area contributed by atoms with Crippen LogP contribution in [0.5, 0.6) is 0 Å². The molecule has 2 aliphatic rings. The van der Waals surface area contributed by atoms with Gasteiger partial charge in [0.1, 0.15) is 0 Å². The third-order valence-corrected chi connectivity index (χ3v) is 5.77. The third-order valence-electron chi connectivity index (χ3n) is 5.77. The van der Waals surface area contributed by atoms with Crippen LogP contribution in [0, 0.1) is 29.6 Å². The van der Waals surface area contributed by atoms with Crippen LogP contribution in [0.25, 0.3) is 0 Å². The van der Waals surface area contributed by atoms with E-state index in [4.69, 9.17) is 11.5 Å². The largest absolute Gasteiger partial charge is 0.328 e. The van der Waals surface area contributed by atoms with Crippen molar-refractivity contribution < 1.29 is 0 Å². The minimum atomic E-state index is 0.475. The first-order chi connectivity index (χ1) is 8.49. The van der Waals surface area contributed by atoms with Crippen molar-refractivity contribution in [2.45, 2.75) is 71.4 Å². The van der Waals surface area contributed by atoms with E-state index < -0.39 is 0 Å². The van der Waals surface area contributed by atoms with Crippen LogP contribution in [-0.4, -0.2) is 12.1 Å². The van der Waals surface area contributed by atoms with Gasteiger partial charge < -0.3 is 11.5 Å². The maximum Gasteiger partial charge on any atom is 0.00728 e. The number of rotatable bonds is 4. The van der Waals surface area contributed by atoms with Gasteiger partial charge in [-0.3, -0.25) is 0 Å². The summed E-state index contributed by atoms with van der Waals surface area (Å²) < 4.78 is 0. The Morgan fingerprint density at radius 2 is 1.61 bits per heavy atom. The quantitative estimate of drug-likeness (QED) is 0.807. The van der Waals surface area contributed by atoms with Gasteiger partial charge in [-0.2, -0.15) is 0 Å². The minimum Gasteiger partial charge on any atom is -0.328 e. The van der Waals surface area contributed by atoms with E-state index in [9.17, 15) is 0 Å². The maximum atomic E-state index is 6.23. The van der Waals surface area contributed by atoms with Crippen LogP contribution in [0.4, 0.5) is 0 Å². The first kappa shape index (κ1) is 14.3. The van der Waals surface area contributed by atoms with E-state index in [1.165, 1.54) is 38.5 Å². The lowest BCUT2D eigenvalue weighted by Gasteiger charge is -2.47. The molecule has 2 rings (SSSR count). The van der Waals surface area contributed by atoms with Crippen molar-refractivity contribution in [3.63, 3.8) is 0 Å². The molecule has 0 bridgehead atoms. The summed E-state index contributed by atoms with van der Waals surface area (Å²) in [4.78, 5) is 0. The van der Waals surface area contributed by atoms with Crippen LogP contribution >= 0.6 is 0 Å². The fraction of sp³-hybridized carbons (Fsp3) is 1.00. The first-order valence-corrected chi connectivity index (χ1v) is 8.00. The molecule has 2 aliphatic carbocycles. The lowest BCUT2D eigenvalue weighted by atomic mass is 9.60. The zero-order valence-corrected chi connectivity index (χ0v) is 12.4. The molecule has 4 atom stereocenters. The second-order valence-electron chi connectivity index (χ2n) is 7.36. The molecule has 4 N–H and O–H groups in total. The molecule has 0 aromatic heterocycles. The molecule has 0 aliphatic heterocycles. The monoisotopic (exact) mass is 252 g/mol. The zero-order chi connectivity index (χ0) is 13.3. The van der Waals surface area contributed by atoms with E-state index in [1.807, 2.05) is 0 Å². The Balaban J connectivity index is 1.81. The Morgan fingerprint density at radius 3 is 2.11 bits per heavy atom. The van der Waals surface area contributed by atoms with Crippen LogP contribution in [0.1, 0.15) is 59.3 Å². The van der Waals surface area contributed by atoms with Gasteiger partial charge in [-0.25, -0.2) is 0 Å². The van der Waals surface area contributed by atoms with Crippen molar-refractivity contribution in [2.75, 3.05) is 0 Å². The van der Waals surface area contributed by atoms with Crippen molar-refractivity contribution in [3.05, 3.63) is 0 Å². The van der Waals surface area contributed by atoms with Crippen LogP contribution in [0.2, 0.25) is 0 Å². The molecule has 0 radical (unpaired) electrons. The highest BCUT2D eigenvalue weighted by atomic mass is 14.7. The average Bonchev–Trinajstić information content (AvgIpc) is 2.33. The summed E-state index contributed by atoms with van der Waals surface area (Å²) in [7, 11) is 0. The van der Waals surface area contributed by atoms with E-state index in [0.29, 0.717) is 12.1 Å². The molecule has 0 aromatic carbocycles. The summed E-state index contributed by atoms with van der Waals surface area (Å²) in [6, 6.07) is 0.952. The molecule has 2 nitrogen and oxygen atoms in total. The predicted octanol–water partition coefficient (Wildman–Crippen LogP) is 3.15. The molecule has 2 fully saturated rings. The van der Waals surface area contributed by atoms with Crippen LogP contribution in [0.15, 0.2) is 0 Å². The van der Waals surface area contributed by atoms with Gasteiger partial charge in [0.25, 0.3) is 0 Å². The summed E-state index contributed by atoms with van der Waals surface area (Å²) in [5, 5.41) is 0. The van der Waals surface area contributed by atoms with Crippen molar-refractivity contribution in [2.24, 2.45) is 41.1 Å². The van der Waals surface area contributed by atoms with Crippen molar-refractivity contribution in [1.82, 2.24) is 0 Å².